The maximum atomic E-state index is 5.86. The van der Waals surface area contributed by atoms with Gasteiger partial charge in [-0.1, -0.05) is 29.8 Å². The van der Waals surface area contributed by atoms with E-state index >= 15 is 0 Å². The highest BCUT2D eigenvalue weighted by Gasteiger charge is 2.04. The predicted octanol–water partition coefficient (Wildman–Crippen LogP) is 3.19. The second-order valence-electron chi connectivity index (χ2n) is 4.33. The summed E-state index contributed by atoms with van der Waals surface area (Å²) in [5.41, 5.74) is 9.86. The molecule has 0 atom stereocenters. The van der Waals surface area contributed by atoms with E-state index in [0.29, 0.717) is 5.82 Å². The highest BCUT2D eigenvalue weighted by atomic mass is 14.9. The minimum Gasteiger partial charge on any atom is -0.382 e. The fourth-order valence-electron chi connectivity index (χ4n) is 2.03. The van der Waals surface area contributed by atoms with Gasteiger partial charge < -0.3 is 5.73 Å². The van der Waals surface area contributed by atoms with Gasteiger partial charge in [-0.3, -0.25) is 0 Å². The maximum absolute atomic E-state index is 5.86. The van der Waals surface area contributed by atoms with Gasteiger partial charge in [-0.2, -0.15) is 0 Å². The summed E-state index contributed by atoms with van der Waals surface area (Å²) in [6.07, 6.45) is 1.70. The molecule has 3 nitrogen and oxygen atoms in total. The van der Waals surface area contributed by atoms with Crippen molar-refractivity contribution >= 4 is 16.7 Å². The number of benzene rings is 1. The van der Waals surface area contributed by atoms with Crippen LogP contribution in [0.15, 0.2) is 48.7 Å². The van der Waals surface area contributed by atoms with Crippen LogP contribution in [0, 0.1) is 6.92 Å². The summed E-state index contributed by atoms with van der Waals surface area (Å²) in [6, 6.07) is 14.2. The number of nitrogen functional groups attached to an aromatic ring is 1. The average molecular weight is 235 g/mol. The monoisotopic (exact) mass is 235 g/mol. The third kappa shape index (κ3) is 1.80. The summed E-state index contributed by atoms with van der Waals surface area (Å²) in [7, 11) is 0. The van der Waals surface area contributed by atoms with Gasteiger partial charge >= 0.3 is 0 Å². The first kappa shape index (κ1) is 10.7. The van der Waals surface area contributed by atoms with Crippen LogP contribution in [0.2, 0.25) is 0 Å². The Kier molecular flexibility index (Phi) is 2.45. The molecule has 3 rings (SSSR count). The molecule has 1 aromatic carbocycles. The van der Waals surface area contributed by atoms with Gasteiger partial charge in [0.2, 0.25) is 0 Å². The summed E-state index contributed by atoms with van der Waals surface area (Å²) >= 11 is 0. The first-order valence-corrected chi connectivity index (χ1v) is 5.82. The number of aryl methyl sites for hydroxylation is 1. The summed E-state index contributed by atoms with van der Waals surface area (Å²) in [5.74, 6) is 0.474. The molecule has 0 radical (unpaired) electrons. The zero-order valence-corrected chi connectivity index (χ0v) is 10.1. The lowest BCUT2D eigenvalue weighted by Crippen LogP contribution is -1.94. The topological polar surface area (TPSA) is 51.8 Å². The van der Waals surface area contributed by atoms with Crippen LogP contribution in [0.25, 0.3) is 22.2 Å². The van der Waals surface area contributed by atoms with Crippen molar-refractivity contribution in [3.05, 3.63) is 54.2 Å². The van der Waals surface area contributed by atoms with Gasteiger partial charge in [-0.25, -0.2) is 9.97 Å². The van der Waals surface area contributed by atoms with E-state index in [1.165, 1.54) is 5.56 Å². The first-order valence-electron chi connectivity index (χ1n) is 5.82. The van der Waals surface area contributed by atoms with Crippen LogP contribution in [0.1, 0.15) is 5.56 Å². The molecule has 0 saturated carbocycles. The molecule has 0 fully saturated rings. The van der Waals surface area contributed by atoms with Gasteiger partial charge in [0.05, 0.1) is 5.69 Å². The SMILES string of the molecule is Cc1cccc(-c2ccc3ccnc(N)c3n2)c1. The van der Waals surface area contributed by atoms with Crippen LogP contribution in [0.3, 0.4) is 0 Å². The number of aromatic nitrogens is 2. The number of hydrogen-bond acceptors (Lipinski definition) is 3. The van der Waals surface area contributed by atoms with E-state index in [2.05, 4.69) is 29.0 Å². The maximum Gasteiger partial charge on any atom is 0.149 e. The van der Waals surface area contributed by atoms with Crippen molar-refractivity contribution in [3.63, 3.8) is 0 Å². The number of fused-ring (bicyclic) bond motifs is 1. The van der Waals surface area contributed by atoms with Gasteiger partial charge in [0.15, 0.2) is 0 Å². The molecular weight excluding hydrogens is 222 g/mol. The Morgan fingerprint density at radius 2 is 1.94 bits per heavy atom. The van der Waals surface area contributed by atoms with Crippen LogP contribution >= 0.6 is 0 Å². The minimum atomic E-state index is 0.474. The largest absolute Gasteiger partial charge is 0.382 e. The van der Waals surface area contributed by atoms with Crippen LogP contribution in [-0.2, 0) is 0 Å². The van der Waals surface area contributed by atoms with Crippen molar-refractivity contribution in [1.82, 2.24) is 9.97 Å². The van der Waals surface area contributed by atoms with E-state index in [9.17, 15) is 0 Å². The van der Waals surface area contributed by atoms with Crippen molar-refractivity contribution in [2.45, 2.75) is 6.92 Å². The number of pyridine rings is 2. The summed E-state index contributed by atoms with van der Waals surface area (Å²) in [5, 5.41) is 1.01. The number of anilines is 1. The molecule has 2 heterocycles. The molecule has 0 amide bonds. The lowest BCUT2D eigenvalue weighted by Gasteiger charge is -2.05. The van der Waals surface area contributed by atoms with E-state index in [4.69, 9.17) is 5.73 Å². The summed E-state index contributed by atoms with van der Waals surface area (Å²) in [6.45, 7) is 2.07. The van der Waals surface area contributed by atoms with Crippen LogP contribution in [0.5, 0.6) is 0 Å². The molecule has 3 heteroatoms. The molecule has 2 aromatic heterocycles. The number of nitrogens with two attached hydrogens (primary N) is 1. The highest BCUT2D eigenvalue weighted by Crippen LogP contribution is 2.23. The number of hydrogen-bond donors (Lipinski definition) is 1. The average Bonchev–Trinajstić information content (AvgIpc) is 2.39. The molecule has 0 aliphatic rings. The Morgan fingerprint density at radius 1 is 1.06 bits per heavy atom. The minimum absolute atomic E-state index is 0.474. The van der Waals surface area contributed by atoms with Gasteiger partial charge in [0, 0.05) is 17.1 Å². The standard InChI is InChI=1S/C15H13N3/c1-10-3-2-4-12(9-10)13-6-5-11-7-8-17-15(16)14(11)18-13/h2-9H,1H3,(H2,16,17). The molecule has 3 aromatic rings. The molecule has 0 aliphatic carbocycles. The number of nitrogens with zero attached hydrogens (tertiary/aromatic N) is 2. The molecule has 0 saturated heterocycles. The smallest absolute Gasteiger partial charge is 0.149 e. The molecule has 0 spiro atoms. The van der Waals surface area contributed by atoms with Crippen molar-refractivity contribution in [1.29, 1.82) is 0 Å². The van der Waals surface area contributed by atoms with Gasteiger partial charge in [-0.05, 0) is 25.1 Å². The first-order chi connectivity index (χ1) is 8.74. The van der Waals surface area contributed by atoms with E-state index in [1.807, 2.05) is 30.3 Å². The predicted molar refractivity (Wildman–Crippen MR) is 74.1 cm³/mol. The molecular formula is C15H13N3. The van der Waals surface area contributed by atoms with E-state index in [1.54, 1.807) is 6.20 Å². The third-order valence-electron chi connectivity index (χ3n) is 2.95. The Hall–Kier alpha value is -2.42. The van der Waals surface area contributed by atoms with Crippen molar-refractivity contribution in [2.24, 2.45) is 0 Å². The lowest BCUT2D eigenvalue weighted by molar-refractivity contribution is 1.31. The Balaban J connectivity index is 2.22. The van der Waals surface area contributed by atoms with Crippen molar-refractivity contribution in [3.8, 4) is 11.3 Å². The lowest BCUT2D eigenvalue weighted by atomic mass is 10.1. The molecule has 0 unspecified atom stereocenters. The zero-order chi connectivity index (χ0) is 12.5. The molecule has 88 valence electrons. The summed E-state index contributed by atoms with van der Waals surface area (Å²) in [4.78, 5) is 8.67. The summed E-state index contributed by atoms with van der Waals surface area (Å²) < 4.78 is 0. The Labute approximate surface area is 105 Å². The normalized spacial score (nSPS) is 10.7. The molecule has 2 N–H and O–H groups in total. The second-order valence-corrected chi connectivity index (χ2v) is 4.33. The van der Waals surface area contributed by atoms with E-state index in [-0.39, 0.29) is 0 Å². The quantitative estimate of drug-likeness (QED) is 0.704. The fraction of sp³-hybridized carbons (Fsp3) is 0.0667. The van der Waals surface area contributed by atoms with Crippen LogP contribution in [0.4, 0.5) is 5.82 Å². The van der Waals surface area contributed by atoms with E-state index in [0.717, 1.165) is 22.2 Å². The van der Waals surface area contributed by atoms with Crippen LogP contribution in [-0.4, -0.2) is 9.97 Å². The fourth-order valence-corrected chi connectivity index (χ4v) is 2.03. The molecule has 0 bridgehead atoms. The Morgan fingerprint density at radius 3 is 2.78 bits per heavy atom. The van der Waals surface area contributed by atoms with Gasteiger partial charge in [0.1, 0.15) is 11.3 Å². The molecule has 18 heavy (non-hydrogen) atoms. The van der Waals surface area contributed by atoms with Crippen LogP contribution < -0.4 is 5.73 Å². The highest BCUT2D eigenvalue weighted by molar-refractivity contribution is 5.88. The second kappa shape index (κ2) is 4.11. The van der Waals surface area contributed by atoms with Gasteiger partial charge in [0.25, 0.3) is 0 Å². The van der Waals surface area contributed by atoms with E-state index < -0.39 is 0 Å². The third-order valence-corrected chi connectivity index (χ3v) is 2.95. The number of rotatable bonds is 1. The Bertz CT molecular complexity index is 720. The van der Waals surface area contributed by atoms with Crippen molar-refractivity contribution in [2.75, 3.05) is 5.73 Å². The van der Waals surface area contributed by atoms with Crippen molar-refractivity contribution < 1.29 is 0 Å². The molecule has 0 aliphatic heterocycles. The zero-order valence-electron chi connectivity index (χ0n) is 10.1. The van der Waals surface area contributed by atoms with Gasteiger partial charge in [-0.15, -0.1) is 0 Å².